The number of rotatable bonds is 8. The highest BCUT2D eigenvalue weighted by Gasteiger charge is 2.63. The quantitative estimate of drug-likeness (QED) is 0.0860. The highest BCUT2D eigenvalue weighted by Crippen LogP contribution is 2.65. The summed E-state index contributed by atoms with van der Waals surface area (Å²) in [5, 5.41) is 12.0. The maximum absolute atomic E-state index is 15.5. The van der Waals surface area contributed by atoms with Crippen LogP contribution in [-0.2, 0) is 46.9 Å². The molecule has 1 spiro atoms. The predicted molar refractivity (Wildman–Crippen MR) is 241 cm³/mol. The normalized spacial score (nSPS) is 25.0. The van der Waals surface area contributed by atoms with Gasteiger partial charge in [0.1, 0.15) is 18.6 Å². The first-order valence-corrected chi connectivity index (χ1v) is 22.8. The zero-order valence-electron chi connectivity index (χ0n) is 38.5. The van der Waals surface area contributed by atoms with Crippen LogP contribution < -0.4 is 33.2 Å². The lowest BCUT2D eigenvalue weighted by Crippen LogP contribution is -2.70. The summed E-state index contributed by atoms with van der Waals surface area (Å²) >= 11 is 1.22. The fourth-order valence-corrected chi connectivity index (χ4v) is 12.7. The zero-order chi connectivity index (χ0) is 49.2. The molecule has 1 N–H and O–H groups in total. The number of benzene rings is 3. The molecule has 0 aliphatic carbocycles. The smallest absolute Gasteiger partial charge is 0.493 e. The summed E-state index contributed by atoms with van der Waals surface area (Å²) in [5.41, 5.74) is 2.10. The van der Waals surface area contributed by atoms with Gasteiger partial charge in [-0.3, -0.25) is 19.5 Å². The zero-order valence-corrected chi connectivity index (χ0v) is 39.3. The molecule has 2 fully saturated rings. The van der Waals surface area contributed by atoms with Crippen molar-refractivity contribution in [2.45, 2.75) is 74.8 Å². The number of aliphatic hydroxyl groups is 1. The van der Waals surface area contributed by atoms with E-state index in [0.717, 1.165) is 24.3 Å². The van der Waals surface area contributed by atoms with E-state index in [1.807, 2.05) is 29.8 Å². The molecule has 364 valence electrons. The highest BCUT2D eigenvalue weighted by molar-refractivity contribution is 7.99. The minimum atomic E-state index is -2.00. The molecule has 7 heterocycles. The number of nitrogens with zero attached hydrogens (tertiary/aromatic N) is 3. The summed E-state index contributed by atoms with van der Waals surface area (Å²) in [6.45, 7) is 14.6. The average molecular weight is 972 g/mol. The first-order chi connectivity index (χ1) is 33.1. The summed E-state index contributed by atoms with van der Waals surface area (Å²) < 4.78 is 63.4. The van der Waals surface area contributed by atoms with Crippen LogP contribution in [0, 0.1) is 13.8 Å². The molecule has 69 heavy (non-hydrogen) atoms. The Hall–Kier alpha value is -6.94. The Morgan fingerprint density at radius 1 is 0.841 bits per heavy atom. The molecule has 21 heteroatoms. The number of methoxy groups -OCH3 is 2. The number of carbonyl (C=O) groups excluding carboxylic acids is 5. The lowest BCUT2D eigenvalue weighted by Gasteiger charge is -2.62. The summed E-state index contributed by atoms with van der Waals surface area (Å²) in [6, 6.07) is 1.73. The number of ether oxygens (including phenoxy) is 11. The van der Waals surface area contributed by atoms with Gasteiger partial charge < -0.3 is 57.2 Å². The van der Waals surface area contributed by atoms with E-state index in [4.69, 9.17) is 52.1 Å². The molecule has 2 saturated heterocycles. The molecule has 7 aliphatic heterocycles. The van der Waals surface area contributed by atoms with E-state index in [2.05, 4.69) is 19.7 Å². The van der Waals surface area contributed by atoms with Crippen LogP contribution in [0.5, 0.6) is 40.2 Å². The van der Waals surface area contributed by atoms with Crippen molar-refractivity contribution in [2.75, 3.05) is 47.0 Å². The predicted octanol–water partition coefficient (Wildman–Crippen LogP) is 6.31. The number of carbonyl (C=O) groups is 5. The fourth-order valence-electron chi connectivity index (χ4n) is 11.0. The van der Waals surface area contributed by atoms with Crippen molar-refractivity contribution in [3.63, 3.8) is 0 Å². The number of hydrogen-bond donors (Lipinski definition) is 1. The molecule has 7 atom stereocenters. The molecule has 20 nitrogen and oxygen atoms in total. The largest absolute Gasteiger partial charge is 0.518 e. The Kier molecular flexibility index (Phi) is 12.4. The Morgan fingerprint density at radius 3 is 2.23 bits per heavy atom. The van der Waals surface area contributed by atoms with Gasteiger partial charge in [0.15, 0.2) is 40.0 Å². The van der Waals surface area contributed by atoms with E-state index in [1.165, 1.54) is 49.9 Å². The molecule has 10 rings (SSSR count). The summed E-state index contributed by atoms with van der Waals surface area (Å²) in [7, 11) is 4.65. The van der Waals surface area contributed by atoms with Crippen molar-refractivity contribution in [2.24, 2.45) is 0 Å². The Bertz CT molecular complexity index is 2730. The van der Waals surface area contributed by atoms with E-state index >= 15 is 4.79 Å². The van der Waals surface area contributed by atoms with Gasteiger partial charge in [0.25, 0.3) is 0 Å². The third-order valence-corrected chi connectivity index (χ3v) is 15.0. The average Bonchev–Trinajstić information content (AvgIpc) is 3.80. The maximum Gasteiger partial charge on any atom is 0.518 e. The van der Waals surface area contributed by atoms with Gasteiger partial charge in [0.2, 0.25) is 6.79 Å². The van der Waals surface area contributed by atoms with Crippen LogP contribution in [0.15, 0.2) is 56.7 Å². The molecule has 0 radical (unpaired) electrons. The Balaban J connectivity index is 1.33. The lowest BCUT2D eigenvalue weighted by molar-refractivity contribution is -0.188. The van der Waals surface area contributed by atoms with Crippen LogP contribution in [0.1, 0.15) is 68.8 Å². The third-order valence-electron chi connectivity index (χ3n) is 13.6. The number of fused-ring (bicyclic) bond motifs is 9. The Labute approximate surface area is 400 Å². The van der Waals surface area contributed by atoms with E-state index in [1.54, 1.807) is 6.92 Å². The number of esters is 2. The van der Waals surface area contributed by atoms with Crippen molar-refractivity contribution in [1.82, 2.24) is 14.7 Å². The van der Waals surface area contributed by atoms with Crippen molar-refractivity contribution < 1.29 is 81.2 Å². The van der Waals surface area contributed by atoms with Crippen LogP contribution >= 0.6 is 11.8 Å². The van der Waals surface area contributed by atoms with Gasteiger partial charge in [-0.1, -0.05) is 25.8 Å². The second kappa shape index (κ2) is 18.2. The highest BCUT2D eigenvalue weighted by atomic mass is 32.2. The minimum Gasteiger partial charge on any atom is -0.493 e. The van der Waals surface area contributed by atoms with Crippen LogP contribution in [0.25, 0.3) is 0 Å². The molecule has 3 aromatic rings. The number of likely N-dealkylation sites (N-methyl/N-ethyl adjacent to an activating group) is 1. The van der Waals surface area contributed by atoms with Crippen LogP contribution in [-0.4, -0.2) is 115 Å². The molecule has 1 unspecified atom stereocenters. The summed E-state index contributed by atoms with van der Waals surface area (Å²) in [6.07, 6.45) is -1.08. The molecular weight excluding hydrogens is 923 g/mol. The molecule has 7 aliphatic rings. The molecular formula is C48H49N3O17S. The van der Waals surface area contributed by atoms with E-state index in [0.29, 0.717) is 44.9 Å². The maximum atomic E-state index is 15.5. The molecule has 0 saturated carbocycles. The molecule has 0 aromatic heterocycles. The first-order valence-electron chi connectivity index (χ1n) is 21.8. The topological polar surface area (TPSA) is 217 Å². The van der Waals surface area contributed by atoms with Gasteiger partial charge in [-0.2, -0.15) is 0 Å². The second-order valence-corrected chi connectivity index (χ2v) is 18.0. The number of aryl methyl sites for hydroxylation is 1. The van der Waals surface area contributed by atoms with Crippen molar-refractivity contribution >= 4 is 42.1 Å². The van der Waals surface area contributed by atoms with Gasteiger partial charge in [0.05, 0.1) is 56.4 Å². The number of piperazine rings is 1. The van der Waals surface area contributed by atoms with Gasteiger partial charge in [-0.05, 0) is 68.1 Å². The second-order valence-electron chi connectivity index (χ2n) is 16.9. The molecule has 3 aromatic carbocycles. The van der Waals surface area contributed by atoms with Crippen LogP contribution in [0.2, 0.25) is 0 Å². The van der Waals surface area contributed by atoms with Crippen molar-refractivity contribution in [1.29, 1.82) is 0 Å². The van der Waals surface area contributed by atoms with Crippen molar-refractivity contribution in [3.05, 3.63) is 101 Å². The number of hydrogen-bond acceptors (Lipinski definition) is 20. The van der Waals surface area contributed by atoms with Crippen molar-refractivity contribution in [3.8, 4) is 40.2 Å². The van der Waals surface area contributed by atoms with Crippen LogP contribution in [0.4, 0.5) is 14.4 Å². The van der Waals surface area contributed by atoms with Gasteiger partial charge in [-0.25, -0.2) is 19.2 Å². The third kappa shape index (κ3) is 7.36. The number of amides is 1. The van der Waals surface area contributed by atoms with E-state index in [9.17, 15) is 24.3 Å². The standard InChI is InChI=1S/C48H49N3O17S/c1-10-60-45(55)50-14-13-25-17-31(67-46(56)61-11-2)30(58-8)18-27(25)48(50)20-69-42-34-33(40-39(64-21-65-40)23(5)38(34)66-24(6)52)29(19-63-44(48)54)51-36(42)35-32-26(16-28(43(51)53)49(35)7)15-22(4)37(59-9)41(32)68-47(57)62-12-3/h10-12,15,17-18,28-29,35-36,42-43,53H,1-3,13-14,16,19-21H2,4-9H3/t28-,29-,35-,36?,42+,43-,48+/m0/s1. The van der Waals surface area contributed by atoms with E-state index in [-0.39, 0.29) is 66.2 Å². The fraction of sp³-hybridized carbons (Fsp3) is 0.396. The van der Waals surface area contributed by atoms with Crippen LogP contribution in [0.3, 0.4) is 0 Å². The SMILES string of the molecule is C=COC(=O)Oc1cc2c(cc1OC)[C@@]1(CS[C@@H]3c4c(OC(C)=O)c(C)c5c(c4[C@H](COC1=O)N1C3[C@@H]3c4c(cc(C)c(OC)c4OC(=O)OC=C)C[C@@H]([C@@H]1O)N3C)OCO5)N(C(=O)OC=C)CC2. The van der Waals surface area contributed by atoms with E-state index < -0.39 is 78.1 Å². The molecule has 4 bridgehead atoms. The van der Waals surface area contributed by atoms with Gasteiger partial charge in [0, 0.05) is 47.5 Å². The van der Waals surface area contributed by atoms with Gasteiger partial charge in [-0.15, -0.1) is 11.8 Å². The lowest BCUT2D eigenvalue weighted by atomic mass is 9.73. The monoisotopic (exact) mass is 971 g/mol. The Morgan fingerprint density at radius 2 is 1.55 bits per heavy atom. The summed E-state index contributed by atoms with van der Waals surface area (Å²) in [5.74, 6) is -0.674. The molecule has 1 amide bonds. The summed E-state index contributed by atoms with van der Waals surface area (Å²) in [4.78, 5) is 74.0. The number of aliphatic hydroxyl groups excluding tert-OH is 1. The minimum absolute atomic E-state index is 0.00937. The van der Waals surface area contributed by atoms with Gasteiger partial charge >= 0.3 is 30.3 Å². The first kappa shape index (κ1) is 47.1. The number of thioether (sulfide) groups is 1.